The van der Waals surface area contributed by atoms with Crippen LogP contribution in [0.3, 0.4) is 0 Å². The van der Waals surface area contributed by atoms with Crippen molar-refractivity contribution in [1.29, 1.82) is 0 Å². The Morgan fingerprint density at radius 2 is 1.47 bits per heavy atom. The first-order chi connectivity index (χ1) is 15.5. The van der Waals surface area contributed by atoms with Gasteiger partial charge in [0.25, 0.3) is 5.91 Å². The molecule has 0 radical (unpaired) electrons. The number of carbonyl (C=O) groups excluding carboxylic acids is 2. The van der Waals surface area contributed by atoms with Crippen molar-refractivity contribution in [3.8, 4) is 23.0 Å². The number of rotatable bonds is 8. The summed E-state index contributed by atoms with van der Waals surface area (Å²) in [5.41, 5.74) is 3.78. The Kier molecular flexibility index (Phi) is 7.37. The Morgan fingerprint density at radius 3 is 2.16 bits per heavy atom. The van der Waals surface area contributed by atoms with Gasteiger partial charge in [0.1, 0.15) is 0 Å². The van der Waals surface area contributed by atoms with Crippen molar-refractivity contribution in [2.24, 2.45) is 5.10 Å². The summed E-state index contributed by atoms with van der Waals surface area (Å²) in [7, 11) is 4.45. The number of hydrazone groups is 1. The van der Waals surface area contributed by atoms with Crippen LogP contribution in [0.5, 0.6) is 23.0 Å². The summed E-state index contributed by atoms with van der Waals surface area (Å²) >= 11 is 0. The van der Waals surface area contributed by atoms with Crippen LogP contribution in [-0.4, -0.2) is 44.4 Å². The first-order valence-electron chi connectivity index (χ1n) is 9.41. The van der Waals surface area contributed by atoms with E-state index < -0.39 is 5.97 Å². The number of methoxy groups -OCH3 is 3. The molecule has 0 spiro atoms. The van der Waals surface area contributed by atoms with E-state index in [4.69, 9.17) is 18.9 Å². The third kappa shape index (κ3) is 5.39. The van der Waals surface area contributed by atoms with E-state index in [-0.39, 0.29) is 17.2 Å². The second kappa shape index (κ2) is 10.6. The van der Waals surface area contributed by atoms with Crippen molar-refractivity contribution in [1.82, 2.24) is 10.4 Å². The molecular weight excluding hydrogens is 414 g/mol. The average Bonchev–Trinajstić information content (AvgIpc) is 2.84. The molecule has 32 heavy (non-hydrogen) atoms. The lowest BCUT2D eigenvalue weighted by Crippen LogP contribution is -2.17. The summed E-state index contributed by atoms with van der Waals surface area (Å²) in [5.74, 6) is 0.510. The maximum atomic E-state index is 12.6. The minimum Gasteiger partial charge on any atom is -0.493 e. The van der Waals surface area contributed by atoms with Crippen LogP contribution in [0.2, 0.25) is 0 Å². The third-order valence-corrected chi connectivity index (χ3v) is 4.33. The van der Waals surface area contributed by atoms with Crippen LogP contribution in [0, 0.1) is 0 Å². The quantitative estimate of drug-likeness (QED) is 0.251. The topological polar surface area (TPSA) is 108 Å². The number of ether oxygens (including phenoxy) is 4. The minimum absolute atomic E-state index is 0.227. The fraction of sp³-hybridized carbons (Fsp3) is 0.130. The molecule has 9 nitrogen and oxygen atoms in total. The van der Waals surface area contributed by atoms with Gasteiger partial charge in [0.2, 0.25) is 0 Å². The second-order valence-electron chi connectivity index (χ2n) is 6.30. The summed E-state index contributed by atoms with van der Waals surface area (Å²) < 4.78 is 21.2. The molecular formula is C23H21N3O6. The van der Waals surface area contributed by atoms with Crippen molar-refractivity contribution in [3.05, 3.63) is 77.6 Å². The van der Waals surface area contributed by atoms with Crippen LogP contribution in [0.4, 0.5) is 0 Å². The molecule has 1 aromatic heterocycles. The number of aromatic nitrogens is 1. The molecule has 0 aliphatic rings. The number of esters is 1. The van der Waals surface area contributed by atoms with Gasteiger partial charge in [-0.15, -0.1) is 0 Å². The molecule has 1 N–H and O–H groups in total. The maximum absolute atomic E-state index is 12.6. The Bertz CT molecular complexity index is 1130. The molecule has 0 aliphatic heterocycles. The van der Waals surface area contributed by atoms with Crippen LogP contribution in [0.15, 0.2) is 66.0 Å². The lowest BCUT2D eigenvalue weighted by molar-refractivity contribution is 0.0729. The number of hydrogen-bond donors (Lipinski definition) is 1. The molecule has 2 aromatic carbocycles. The van der Waals surface area contributed by atoms with E-state index in [1.807, 2.05) is 0 Å². The molecule has 164 valence electrons. The number of amides is 1. The van der Waals surface area contributed by atoms with E-state index in [9.17, 15) is 9.59 Å². The van der Waals surface area contributed by atoms with Crippen molar-refractivity contribution in [2.75, 3.05) is 21.3 Å². The first kappa shape index (κ1) is 22.3. The highest BCUT2D eigenvalue weighted by Gasteiger charge is 2.15. The summed E-state index contributed by atoms with van der Waals surface area (Å²) in [4.78, 5) is 28.4. The first-order valence-corrected chi connectivity index (χ1v) is 9.41. The molecule has 0 atom stereocenters. The molecule has 1 heterocycles. The van der Waals surface area contributed by atoms with Crippen molar-refractivity contribution < 1.29 is 28.5 Å². The normalized spacial score (nSPS) is 10.5. The second-order valence-corrected chi connectivity index (χ2v) is 6.30. The molecule has 3 rings (SSSR count). The van der Waals surface area contributed by atoms with Gasteiger partial charge in [-0.1, -0.05) is 0 Å². The molecule has 0 saturated carbocycles. The Balaban J connectivity index is 1.70. The van der Waals surface area contributed by atoms with Gasteiger partial charge in [0.15, 0.2) is 23.0 Å². The number of nitrogens with one attached hydrogen (secondary N) is 1. The summed E-state index contributed by atoms with van der Waals surface area (Å²) in [5, 5.41) is 3.93. The van der Waals surface area contributed by atoms with Gasteiger partial charge < -0.3 is 18.9 Å². The van der Waals surface area contributed by atoms with Crippen LogP contribution in [0.25, 0.3) is 0 Å². The Morgan fingerprint density at radius 1 is 0.812 bits per heavy atom. The summed E-state index contributed by atoms with van der Waals surface area (Å²) in [6.07, 6.45) is 4.48. The Labute approximate surface area is 184 Å². The lowest BCUT2D eigenvalue weighted by Gasteiger charge is -2.11. The van der Waals surface area contributed by atoms with Gasteiger partial charge in [-0.3, -0.25) is 9.78 Å². The van der Waals surface area contributed by atoms with Gasteiger partial charge in [-0.25, -0.2) is 10.2 Å². The van der Waals surface area contributed by atoms with Crippen molar-refractivity contribution in [2.45, 2.75) is 0 Å². The van der Waals surface area contributed by atoms with Crippen LogP contribution in [-0.2, 0) is 0 Å². The lowest BCUT2D eigenvalue weighted by atomic mass is 10.2. The predicted molar refractivity (Wildman–Crippen MR) is 117 cm³/mol. The smallest absolute Gasteiger partial charge is 0.343 e. The van der Waals surface area contributed by atoms with Gasteiger partial charge in [0, 0.05) is 18.0 Å². The van der Waals surface area contributed by atoms with Crippen LogP contribution in [0.1, 0.15) is 26.3 Å². The number of carbonyl (C=O) groups is 2. The summed E-state index contributed by atoms with van der Waals surface area (Å²) in [6.45, 7) is 0. The fourth-order valence-electron chi connectivity index (χ4n) is 2.70. The molecule has 0 aliphatic carbocycles. The average molecular weight is 435 g/mol. The van der Waals surface area contributed by atoms with Gasteiger partial charge in [-0.2, -0.15) is 5.10 Å². The molecule has 3 aromatic rings. The van der Waals surface area contributed by atoms with E-state index in [0.717, 1.165) is 0 Å². The van der Waals surface area contributed by atoms with Crippen molar-refractivity contribution in [3.63, 3.8) is 0 Å². The largest absolute Gasteiger partial charge is 0.493 e. The van der Waals surface area contributed by atoms with E-state index >= 15 is 0 Å². The zero-order chi connectivity index (χ0) is 22.9. The van der Waals surface area contributed by atoms with Gasteiger partial charge in [0.05, 0.1) is 33.1 Å². The maximum Gasteiger partial charge on any atom is 0.343 e. The number of pyridine rings is 1. The summed E-state index contributed by atoms with van der Waals surface area (Å²) in [6, 6.07) is 12.7. The molecule has 0 saturated heterocycles. The molecule has 0 bridgehead atoms. The van der Waals surface area contributed by atoms with Crippen LogP contribution < -0.4 is 24.4 Å². The Hall–Kier alpha value is -4.40. The van der Waals surface area contributed by atoms with E-state index in [1.54, 1.807) is 42.5 Å². The standard InChI is InChI=1S/C23H21N3O6/c1-29-18-7-5-17(13-21(18)31-3)23(28)32-19-6-4-15(12-20(19)30-2)14-25-26-22(27)16-8-10-24-11-9-16/h4-14H,1-3H3,(H,26,27). The van der Waals surface area contributed by atoms with E-state index in [2.05, 4.69) is 15.5 Å². The molecule has 0 fully saturated rings. The van der Waals surface area contributed by atoms with E-state index in [0.29, 0.717) is 28.4 Å². The number of benzene rings is 2. The third-order valence-electron chi connectivity index (χ3n) is 4.33. The van der Waals surface area contributed by atoms with Crippen molar-refractivity contribution >= 4 is 18.1 Å². The molecule has 1 amide bonds. The molecule has 9 heteroatoms. The van der Waals surface area contributed by atoms with Gasteiger partial charge >= 0.3 is 5.97 Å². The zero-order valence-corrected chi connectivity index (χ0v) is 17.7. The van der Waals surface area contributed by atoms with Gasteiger partial charge in [-0.05, 0) is 54.1 Å². The highest BCUT2D eigenvalue weighted by atomic mass is 16.6. The zero-order valence-electron chi connectivity index (χ0n) is 17.7. The molecule has 0 unspecified atom stereocenters. The minimum atomic E-state index is -0.588. The predicted octanol–water partition coefficient (Wildman–Crippen LogP) is 3.09. The number of nitrogens with zero attached hydrogens (tertiary/aromatic N) is 2. The monoisotopic (exact) mass is 435 g/mol. The van der Waals surface area contributed by atoms with Crippen LogP contribution >= 0.6 is 0 Å². The fourth-order valence-corrected chi connectivity index (χ4v) is 2.70. The number of hydrogen-bond acceptors (Lipinski definition) is 8. The van der Waals surface area contributed by atoms with E-state index in [1.165, 1.54) is 46.0 Å². The highest BCUT2D eigenvalue weighted by molar-refractivity contribution is 5.95. The highest BCUT2D eigenvalue weighted by Crippen LogP contribution is 2.31. The SMILES string of the molecule is COc1ccc(C(=O)Oc2ccc(C=NNC(=O)c3ccncc3)cc2OC)cc1OC.